The Labute approximate surface area is 89.4 Å². The Morgan fingerprint density at radius 2 is 2.43 bits per heavy atom. The number of hydrogen-bond acceptors (Lipinski definition) is 3. The van der Waals surface area contributed by atoms with Crippen LogP contribution >= 0.6 is 11.6 Å². The molecule has 1 heterocycles. The molecular weight excluding hydrogens is 200 g/mol. The van der Waals surface area contributed by atoms with Gasteiger partial charge in [0.1, 0.15) is 5.82 Å². The van der Waals surface area contributed by atoms with Crippen molar-refractivity contribution < 1.29 is 4.74 Å². The van der Waals surface area contributed by atoms with Crippen LogP contribution in [-0.2, 0) is 10.6 Å². The molecule has 78 valence electrons. The highest BCUT2D eigenvalue weighted by atomic mass is 35.5. The molecule has 1 N–H and O–H groups in total. The highest BCUT2D eigenvalue weighted by Crippen LogP contribution is 2.13. The minimum atomic E-state index is 0.167. The molecule has 0 saturated carbocycles. The molecule has 1 aromatic rings. The monoisotopic (exact) mass is 214 g/mol. The van der Waals surface area contributed by atoms with Crippen LogP contribution in [0.3, 0.4) is 0 Å². The fraction of sp³-hybridized carbons (Fsp3) is 0.500. The van der Waals surface area contributed by atoms with Crippen molar-refractivity contribution >= 4 is 17.4 Å². The summed E-state index contributed by atoms with van der Waals surface area (Å²) in [6.45, 7) is 2.73. The molecule has 0 aliphatic carbocycles. The summed E-state index contributed by atoms with van der Waals surface area (Å²) in [5, 5.41) is 3.19. The molecule has 14 heavy (non-hydrogen) atoms. The lowest BCUT2D eigenvalue weighted by Gasteiger charge is -2.12. The molecule has 1 atom stereocenters. The van der Waals surface area contributed by atoms with Crippen molar-refractivity contribution in [1.29, 1.82) is 0 Å². The first-order valence-corrected chi connectivity index (χ1v) is 5.08. The first kappa shape index (κ1) is 11.3. The molecule has 1 unspecified atom stereocenters. The number of alkyl halides is 1. The average Bonchev–Trinajstić information content (AvgIpc) is 2.26. The maximum absolute atomic E-state index is 5.77. The third kappa shape index (κ3) is 3.16. The summed E-state index contributed by atoms with van der Waals surface area (Å²) >= 11 is 5.77. The zero-order valence-electron chi connectivity index (χ0n) is 8.46. The van der Waals surface area contributed by atoms with E-state index in [9.17, 15) is 0 Å². The van der Waals surface area contributed by atoms with E-state index < -0.39 is 0 Å². The molecule has 0 fully saturated rings. The number of halogens is 1. The number of nitrogens with zero attached hydrogens (tertiary/aromatic N) is 1. The highest BCUT2D eigenvalue weighted by Gasteiger charge is 2.03. The first-order valence-electron chi connectivity index (χ1n) is 4.54. The molecule has 0 aliphatic rings. The van der Waals surface area contributed by atoms with Gasteiger partial charge in [-0.05, 0) is 13.0 Å². The van der Waals surface area contributed by atoms with E-state index in [1.165, 1.54) is 0 Å². The van der Waals surface area contributed by atoms with Gasteiger partial charge in [-0.2, -0.15) is 0 Å². The summed E-state index contributed by atoms with van der Waals surface area (Å²) in [6, 6.07) is 3.84. The van der Waals surface area contributed by atoms with E-state index in [2.05, 4.69) is 10.3 Å². The summed E-state index contributed by atoms with van der Waals surface area (Å²) in [5.74, 6) is 1.31. The number of anilines is 1. The SMILES string of the molecule is COC(C)CNc1ncccc1CCl. The zero-order valence-corrected chi connectivity index (χ0v) is 9.21. The molecule has 0 saturated heterocycles. The van der Waals surface area contributed by atoms with Crippen LogP contribution in [-0.4, -0.2) is 24.7 Å². The lowest BCUT2D eigenvalue weighted by molar-refractivity contribution is 0.128. The summed E-state index contributed by atoms with van der Waals surface area (Å²) in [7, 11) is 1.69. The van der Waals surface area contributed by atoms with Gasteiger partial charge in [-0.15, -0.1) is 11.6 Å². The van der Waals surface area contributed by atoms with Crippen LogP contribution in [0.5, 0.6) is 0 Å². The third-order valence-corrected chi connectivity index (χ3v) is 2.28. The lowest BCUT2D eigenvalue weighted by atomic mass is 10.3. The van der Waals surface area contributed by atoms with Gasteiger partial charge >= 0.3 is 0 Å². The van der Waals surface area contributed by atoms with E-state index in [0.29, 0.717) is 5.88 Å². The maximum Gasteiger partial charge on any atom is 0.130 e. The predicted molar refractivity (Wildman–Crippen MR) is 58.8 cm³/mol. The fourth-order valence-electron chi connectivity index (χ4n) is 1.03. The minimum absolute atomic E-state index is 0.167. The molecular formula is C10H15ClN2O. The van der Waals surface area contributed by atoms with Crippen molar-refractivity contribution in [2.24, 2.45) is 0 Å². The number of rotatable bonds is 5. The van der Waals surface area contributed by atoms with Crippen molar-refractivity contribution in [3.8, 4) is 0 Å². The molecule has 0 aliphatic heterocycles. The van der Waals surface area contributed by atoms with Crippen LogP contribution in [0, 0.1) is 0 Å². The maximum atomic E-state index is 5.77. The van der Waals surface area contributed by atoms with Gasteiger partial charge in [0.15, 0.2) is 0 Å². The van der Waals surface area contributed by atoms with Crippen LogP contribution in [0.2, 0.25) is 0 Å². The quantitative estimate of drug-likeness (QED) is 0.764. The molecule has 0 aromatic carbocycles. The van der Waals surface area contributed by atoms with Crippen LogP contribution in [0.1, 0.15) is 12.5 Å². The Balaban J connectivity index is 2.57. The van der Waals surface area contributed by atoms with Crippen molar-refractivity contribution in [2.75, 3.05) is 19.0 Å². The smallest absolute Gasteiger partial charge is 0.130 e. The molecule has 1 rings (SSSR count). The van der Waals surface area contributed by atoms with Crippen LogP contribution in [0.25, 0.3) is 0 Å². The highest BCUT2D eigenvalue weighted by molar-refractivity contribution is 6.17. The molecule has 3 nitrogen and oxygen atoms in total. The van der Waals surface area contributed by atoms with Crippen LogP contribution < -0.4 is 5.32 Å². The van der Waals surface area contributed by atoms with E-state index in [0.717, 1.165) is 17.9 Å². The molecule has 0 spiro atoms. The summed E-state index contributed by atoms with van der Waals surface area (Å²) in [6.07, 6.45) is 1.91. The van der Waals surface area contributed by atoms with Gasteiger partial charge in [0.25, 0.3) is 0 Å². The van der Waals surface area contributed by atoms with E-state index in [1.807, 2.05) is 19.1 Å². The van der Waals surface area contributed by atoms with E-state index in [1.54, 1.807) is 13.3 Å². The van der Waals surface area contributed by atoms with Crippen molar-refractivity contribution in [1.82, 2.24) is 4.98 Å². The van der Waals surface area contributed by atoms with E-state index in [4.69, 9.17) is 16.3 Å². The predicted octanol–water partition coefficient (Wildman–Crippen LogP) is 2.27. The second-order valence-electron chi connectivity index (χ2n) is 3.07. The summed E-state index contributed by atoms with van der Waals surface area (Å²) in [4.78, 5) is 4.20. The van der Waals surface area contributed by atoms with Gasteiger partial charge < -0.3 is 10.1 Å². The largest absolute Gasteiger partial charge is 0.380 e. The Hall–Kier alpha value is -0.800. The van der Waals surface area contributed by atoms with E-state index >= 15 is 0 Å². The molecule has 4 heteroatoms. The van der Waals surface area contributed by atoms with Crippen molar-refractivity contribution in [2.45, 2.75) is 18.9 Å². The Morgan fingerprint density at radius 1 is 1.64 bits per heavy atom. The number of pyridine rings is 1. The van der Waals surface area contributed by atoms with Gasteiger partial charge in [0.2, 0.25) is 0 Å². The molecule has 0 radical (unpaired) electrons. The fourth-order valence-corrected chi connectivity index (χ4v) is 1.25. The van der Waals surface area contributed by atoms with E-state index in [-0.39, 0.29) is 6.10 Å². The third-order valence-electron chi connectivity index (χ3n) is 1.99. The molecule has 1 aromatic heterocycles. The van der Waals surface area contributed by atoms with Gasteiger partial charge in [-0.25, -0.2) is 4.98 Å². The summed E-state index contributed by atoms with van der Waals surface area (Å²) < 4.78 is 5.12. The number of ether oxygens (including phenoxy) is 1. The van der Waals surface area contributed by atoms with Gasteiger partial charge in [0, 0.05) is 25.4 Å². The van der Waals surface area contributed by atoms with Crippen molar-refractivity contribution in [3.63, 3.8) is 0 Å². The second-order valence-corrected chi connectivity index (χ2v) is 3.34. The Bertz CT molecular complexity index is 281. The van der Waals surface area contributed by atoms with Gasteiger partial charge in [-0.3, -0.25) is 0 Å². The standard InChI is InChI=1S/C10H15ClN2O/c1-8(14-2)7-13-10-9(6-11)4-3-5-12-10/h3-5,8H,6-7H2,1-2H3,(H,12,13). The van der Waals surface area contributed by atoms with Crippen LogP contribution in [0.4, 0.5) is 5.82 Å². The Morgan fingerprint density at radius 3 is 3.07 bits per heavy atom. The average molecular weight is 215 g/mol. The number of methoxy groups -OCH3 is 1. The topological polar surface area (TPSA) is 34.1 Å². The number of aromatic nitrogens is 1. The number of hydrogen-bond donors (Lipinski definition) is 1. The number of nitrogens with one attached hydrogen (secondary N) is 1. The molecule has 0 amide bonds. The zero-order chi connectivity index (χ0) is 10.4. The minimum Gasteiger partial charge on any atom is -0.380 e. The summed E-state index contributed by atoms with van der Waals surface area (Å²) in [5.41, 5.74) is 1.01. The van der Waals surface area contributed by atoms with Gasteiger partial charge in [0.05, 0.1) is 12.0 Å². The van der Waals surface area contributed by atoms with Crippen molar-refractivity contribution in [3.05, 3.63) is 23.9 Å². The van der Waals surface area contributed by atoms with Gasteiger partial charge in [-0.1, -0.05) is 6.07 Å². The normalized spacial score (nSPS) is 12.5. The van der Waals surface area contributed by atoms with Crippen LogP contribution in [0.15, 0.2) is 18.3 Å². The Kier molecular flexibility index (Phi) is 4.70. The molecule has 0 bridgehead atoms. The lowest BCUT2D eigenvalue weighted by Crippen LogP contribution is -2.19. The first-order chi connectivity index (χ1) is 6.77. The second kappa shape index (κ2) is 5.83.